The highest BCUT2D eigenvalue weighted by Crippen LogP contribution is 2.15. The van der Waals surface area contributed by atoms with Crippen LogP contribution in [0.25, 0.3) is 0 Å². The van der Waals surface area contributed by atoms with Crippen LogP contribution >= 0.6 is 0 Å². The van der Waals surface area contributed by atoms with Gasteiger partial charge in [-0.1, -0.05) is 27.7 Å². The molecule has 0 unspecified atom stereocenters. The van der Waals surface area contributed by atoms with E-state index in [4.69, 9.17) is 5.73 Å². The summed E-state index contributed by atoms with van der Waals surface area (Å²) < 4.78 is 12.6. The second-order valence-electron chi connectivity index (χ2n) is 2.30. The first-order chi connectivity index (χ1) is 7.65. The first-order valence-electron chi connectivity index (χ1n) is 5.42. The van der Waals surface area contributed by atoms with Crippen LogP contribution in [-0.2, 0) is 0 Å². The van der Waals surface area contributed by atoms with Gasteiger partial charge in [-0.05, 0) is 18.2 Å². The molecule has 0 aliphatic carbocycles. The van der Waals surface area contributed by atoms with Crippen LogP contribution in [0.5, 0.6) is 0 Å². The molecule has 0 aromatic heterocycles. The van der Waals surface area contributed by atoms with Crippen molar-refractivity contribution in [1.82, 2.24) is 0 Å². The van der Waals surface area contributed by atoms with E-state index in [1.54, 1.807) is 7.05 Å². The van der Waals surface area contributed by atoms with Crippen LogP contribution in [0.1, 0.15) is 38.1 Å². The van der Waals surface area contributed by atoms with Crippen molar-refractivity contribution in [3.05, 3.63) is 29.6 Å². The number of primary amides is 1. The van der Waals surface area contributed by atoms with E-state index in [-0.39, 0.29) is 5.56 Å². The van der Waals surface area contributed by atoms with E-state index in [1.165, 1.54) is 12.1 Å². The number of nitrogens with two attached hydrogens (primary N) is 1. The van der Waals surface area contributed by atoms with Crippen LogP contribution in [0, 0.1) is 5.82 Å². The molecule has 0 spiro atoms. The van der Waals surface area contributed by atoms with E-state index >= 15 is 0 Å². The zero-order valence-electron chi connectivity index (χ0n) is 10.6. The van der Waals surface area contributed by atoms with Gasteiger partial charge < -0.3 is 11.1 Å². The Hall–Kier alpha value is -1.58. The number of nitrogens with one attached hydrogen (secondary N) is 1. The molecule has 0 radical (unpaired) electrons. The van der Waals surface area contributed by atoms with Gasteiger partial charge in [-0.25, -0.2) is 4.39 Å². The number of anilines is 1. The lowest BCUT2D eigenvalue weighted by atomic mass is 10.1. The fraction of sp³-hybridized carbons (Fsp3) is 0.417. The van der Waals surface area contributed by atoms with Gasteiger partial charge in [-0.15, -0.1) is 0 Å². The van der Waals surface area contributed by atoms with Gasteiger partial charge in [0, 0.05) is 12.7 Å². The Labute approximate surface area is 96.8 Å². The normalized spacial score (nSPS) is 7.88. The summed E-state index contributed by atoms with van der Waals surface area (Å²) in [5.41, 5.74) is 5.71. The maximum Gasteiger partial charge on any atom is 0.250 e. The minimum atomic E-state index is -0.640. The number of amides is 1. The largest absolute Gasteiger partial charge is 0.387 e. The zero-order valence-corrected chi connectivity index (χ0v) is 10.6. The molecule has 0 aliphatic rings. The molecule has 1 amide bonds. The van der Waals surface area contributed by atoms with Crippen molar-refractivity contribution in [2.45, 2.75) is 27.7 Å². The average molecular weight is 228 g/mol. The molecule has 1 rings (SSSR count). The third kappa shape index (κ3) is 5.34. The molecule has 0 fully saturated rings. The number of halogens is 1. The van der Waals surface area contributed by atoms with Crippen molar-refractivity contribution >= 4 is 11.6 Å². The van der Waals surface area contributed by atoms with Crippen molar-refractivity contribution in [2.24, 2.45) is 5.73 Å². The Bertz CT molecular complexity index is 314. The van der Waals surface area contributed by atoms with Crippen molar-refractivity contribution in [3.8, 4) is 0 Å². The zero-order chi connectivity index (χ0) is 13.1. The number of hydrogen-bond donors (Lipinski definition) is 2. The van der Waals surface area contributed by atoms with Crippen molar-refractivity contribution in [2.75, 3.05) is 12.4 Å². The van der Waals surface area contributed by atoms with Gasteiger partial charge in [0.1, 0.15) is 5.82 Å². The Balaban J connectivity index is 0. The first-order valence-corrected chi connectivity index (χ1v) is 5.42. The van der Waals surface area contributed by atoms with E-state index in [0.717, 1.165) is 6.07 Å². The standard InChI is InChI=1S/C8H9FN2O.2C2H6/c1-11-7-3-2-5(9)4-6(7)8(10)12;2*1-2/h2-4,11H,1H3,(H2,10,12);2*1-2H3. The summed E-state index contributed by atoms with van der Waals surface area (Å²) in [6, 6.07) is 3.84. The van der Waals surface area contributed by atoms with Crippen LogP contribution < -0.4 is 11.1 Å². The summed E-state index contributed by atoms with van der Waals surface area (Å²) in [5, 5.41) is 2.74. The molecule has 3 nitrogen and oxygen atoms in total. The summed E-state index contributed by atoms with van der Waals surface area (Å²) in [4.78, 5) is 10.7. The molecule has 0 bridgehead atoms. The highest BCUT2D eigenvalue weighted by atomic mass is 19.1. The number of rotatable bonds is 2. The predicted molar refractivity (Wildman–Crippen MR) is 67.2 cm³/mol. The molecule has 0 aliphatic heterocycles. The van der Waals surface area contributed by atoms with E-state index in [0.29, 0.717) is 5.69 Å². The third-order valence-corrected chi connectivity index (χ3v) is 1.52. The maximum atomic E-state index is 12.6. The first kappa shape index (κ1) is 16.8. The second-order valence-corrected chi connectivity index (χ2v) is 2.30. The van der Waals surface area contributed by atoms with Crippen molar-refractivity contribution < 1.29 is 9.18 Å². The molecule has 0 heterocycles. The number of benzene rings is 1. The van der Waals surface area contributed by atoms with Gasteiger partial charge in [-0.3, -0.25) is 4.79 Å². The molecule has 1 aromatic carbocycles. The van der Waals surface area contributed by atoms with Gasteiger partial charge in [0.2, 0.25) is 0 Å². The highest BCUT2D eigenvalue weighted by Gasteiger charge is 2.07. The molecule has 3 N–H and O–H groups in total. The van der Waals surface area contributed by atoms with E-state index < -0.39 is 11.7 Å². The molecule has 4 heteroatoms. The maximum absolute atomic E-state index is 12.6. The van der Waals surface area contributed by atoms with E-state index in [2.05, 4.69) is 5.32 Å². The average Bonchev–Trinajstić information content (AvgIpc) is 2.34. The molecule has 92 valence electrons. The molecule has 1 aromatic rings. The summed E-state index contributed by atoms with van der Waals surface area (Å²) in [7, 11) is 1.64. The third-order valence-electron chi connectivity index (χ3n) is 1.52. The van der Waals surface area contributed by atoms with Crippen LogP contribution in [0.15, 0.2) is 18.2 Å². The predicted octanol–water partition coefficient (Wildman–Crippen LogP) is 3.02. The monoisotopic (exact) mass is 228 g/mol. The summed E-state index contributed by atoms with van der Waals surface area (Å²) in [6.07, 6.45) is 0. The quantitative estimate of drug-likeness (QED) is 0.817. The summed E-state index contributed by atoms with van der Waals surface area (Å²) in [6.45, 7) is 8.00. The van der Waals surface area contributed by atoms with Gasteiger partial charge in [0.05, 0.1) is 5.56 Å². The van der Waals surface area contributed by atoms with E-state index in [1.807, 2.05) is 27.7 Å². The van der Waals surface area contributed by atoms with E-state index in [9.17, 15) is 9.18 Å². The minimum absolute atomic E-state index is 0.164. The summed E-state index contributed by atoms with van der Waals surface area (Å²) >= 11 is 0. The van der Waals surface area contributed by atoms with Crippen LogP contribution in [-0.4, -0.2) is 13.0 Å². The Morgan fingerprint density at radius 3 is 2.12 bits per heavy atom. The Kier molecular flexibility index (Phi) is 10.5. The molecule has 0 saturated carbocycles. The topological polar surface area (TPSA) is 55.1 Å². The van der Waals surface area contributed by atoms with Crippen molar-refractivity contribution in [3.63, 3.8) is 0 Å². The van der Waals surface area contributed by atoms with Crippen LogP contribution in [0.2, 0.25) is 0 Å². The van der Waals surface area contributed by atoms with Gasteiger partial charge >= 0.3 is 0 Å². The second kappa shape index (κ2) is 9.96. The van der Waals surface area contributed by atoms with Gasteiger partial charge in [-0.2, -0.15) is 0 Å². The molecular formula is C12H21FN2O. The van der Waals surface area contributed by atoms with Gasteiger partial charge in [0.25, 0.3) is 5.91 Å². The number of carbonyl (C=O) groups is 1. The lowest BCUT2D eigenvalue weighted by molar-refractivity contribution is 0.100. The SMILES string of the molecule is CC.CC.CNc1ccc(F)cc1C(N)=O. The molecular weight excluding hydrogens is 207 g/mol. The molecule has 0 atom stereocenters. The smallest absolute Gasteiger partial charge is 0.250 e. The fourth-order valence-electron chi connectivity index (χ4n) is 0.938. The molecule has 16 heavy (non-hydrogen) atoms. The lowest BCUT2D eigenvalue weighted by Gasteiger charge is -2.04. The van der Waals surface area contributed by atoms with Crippen molar-refractivity contribution in [1.29, 1.82) is 0 Å². The Morgan fingerprint density at radius 2 is 1.75 bits per heavy atom. The van der Waals surface area contributed by atoms with Gasteiger partial charge in [0.15, 0.2) is 0 Å². The molecule has 0 saturated heterocycles. The highest BCUT2D eigenvalue weighted by molar-refractivity contribution is 5.98. The number of hydrogen-bond acceptors (Lipinski definition) is 2. The van der Waals surface area contributed by atoms with Crippen LogP contribution in [0.3, 0.4) is 0 Å². The minimum Gasteiger partial charge on any atom is -0.387 e. The number of carbonyl (C=O) groups excluding carboxylic acids is 1. The summed E-state index contributed by atoms with van der Waals surface area (Å²) in [5.74, 6) is -1.11. The van der Waals surface area contributed by atoms with Crippen LogP contribution in [0.4, 0.5) is 10.1 Å². The fourth-order valence-corrected chi connectivity index (χ4v) is 0.938. The Morgan fingerprint density at radius 1 is 1.25 bits per heavy atom. The lowest BCUT2D eigenvalue weighted by Crippen LogP contribution is -2.13.